The minimum absolute atomic E-state index is 0.232. The Hall–Kier alpha value is -2.10. The maximum absolute atomic E-state index is 6.12. The molecule has 0 saturated carbocycles. The number of halogens is 1. The summed E-state index contributed by atoms with van der Waals surface area (Å²) in [6.07, 6.45) is 2.44. The molecule has 1 atom stereocenters. The van der Waals surface area contributed by atoms with E-state index in [1.165, 1.54) is 5.56 Å². The van der Waals surface area contributed by atoms with Crippen LogP contribution in [0.5, 0.6) is 0 Å². The van der Waals surface area contributed by atoms with Crippen LogP contribution in [0, 0.1) is 6.92 Å². The molecule has 0 spiro atoms. The first-order valence-electron chi connectivity index (χ1n) is 8.61. The van der Waals surface area contributed by atoms with E-state index < -0.39 is 0 Å². The number of nitrogens with zero attached hydrogens (tertiary/aromatic N) is 1. The Labute approximate surface area is 151 Å². The zero-order chi connectivity index (χ0) is 17.2. The zero-order valence-corrected chi connectivity index (χ0v) is 14.9. The third-order valence-electron chi connectivity index (χ3n) is 4.52. The minimum atomic E-state index is 0.232. The molecule has 2 aromatic carbocycles. The summed E-state index contributed by atoms with van der Waals surface area (Å²) in [7, 11) is 0. The van der Waals surface area contributed by atoms with Crippen LogP contribution in [0.3, 0.4) is 0 Å². The van der Waals surface area contributed by atoms with E-state index >= 15 is 0 Å². The Morgan fingerprint density at radius 3 is 2.72 bits per heavy atom. The number of hydrogen-bond donors (Lipinski definition) is 0. The first-order valence-corrected chi connectivity index (χ1v) is 8.99. The number of rotatable bonds is 3. The fourth-order valence-electron chi connectivity index (χ4n) is 3.16. The third kappa shape index (κ3) is 3.63. The zero-order valence-electron chi connectivity index (χ0n) is 14.2. The van der Waals surface area contributed by atoms with Crippen molar-refractivity contribution >= 4 is 22.6 Å². The Kier molecular flexibility index (Phi) is 4.60. The Bertz CT molecular complexity index is 954. The van der Waals surface area contributed by atoms with Crippen molar-refractivity contribution in [3.05, 3.63) is 64.5 Å². The van der Waals surface area contributed by atoms with Gasteiger partial charge in [0, 0.05) is 28.6 Å². The molecule has 4 rings (SSSR count). The predicted octanol–water partition coefficient (Wildman–Crippen LogP) is 5.14. The molecule has 0 unspecified atom stereocenters. The number of aryl methyl sites for hydroxylation is 1. The molecule has 25 heavy (non-hydrogen) atoms. The molecule has 128 valence electrons. The summed E-state index contributed by atoms with van der Waals surface area (Å²) >= 11 is 6.00. The molecule has 0 bridgehead atoms. The number of hydrogen-bond acceptors (Lipinski definition) is 3. The highest BCUT2D eigenvalue weighted by Gasteiger charge is 2.14. The average Bonchev–Trinajstić information content (AvgIpc) is 3.14. The van der Waals surface area contributed by atoms with Gasteiger partial charge in [0.2, 0.25) is 0 Å². The van der Waals surface area contributed by atoms with Gasteiger partial charge in [-0.25, -0.2) is 0 Å². The molecule has 1 aliphatic rings. The minimum Gasteiger partial charge on any atom is -0.456 e. The van der Waals surface area contributed by atoms with E-state index in [1.807, 2.05) is 36.4 Å². The lowest BCUT2D eigenvalue weighted by Gasteiger charge is -2.08. The molecular formula is C21H20ClNO2. The standard InChI is InChI=1S/C21H20ClNO2/c1-14-4-9-20-18(11-14)19(23-13-17-3-2-10-24-17)12-21(25-20)15-5-7-16(22)8-6-15/h4-9,11-12,17H,2-3,10,13H2,1H3/t17-/m1/s1. The molecule has 2 heterocycles. The van der Waals surface area contributed by atoms with Gasteiger partial charge in [-0.3, -0.25) is 4.99 Å². The molecule has 4 heteroatoms. The Balaban J connectivity index is 1.83. The van der Waals surface area contributed by atoms with E-state index in [0.29, 0.717) is 11.6 Å². The van der Waals surface area contributed by atoms with Crippen LogP contribution < -0.4 is 5.36 Å². The second kappa shape index (κ2) is 7.03. The van der Waals surface area contributed by atoms with Crippen LogP contribution in [0.15, 0.2) is 57.9 Å². The van der Waals surface area contributed by atoms with Gasteiger partial charge < -0.3 is 9.15 Å². The van der Waals surface area contributed by atoms with E-state index in [0.717, 1.165) is 47.1 Å². The lowest BCUT2D eigenvalue weighted by molar-refractivity contribution is 0.117. The van der Waals surface area contributed by atoms with Crippen LogP contribution in [0.1, 0.15) is 18.4 Å². The maximum Gasteiger partial charge on any atom is 0.136 e. The smallest absolute Gasteiger partial charge is 0.136 e. The molecule has 0 radical (unpaired) electrons. The first-order chi connectivity index (χ1) is 12.2. The van der Waals surface area contributed by atoms with E-state index in [4.69, 9.17) is 25.7 Å². The largest absolute Gasteiger partial charge is 0.456 e. The van der Waals surface area contributed by atoms with Crippen molar-refractivity contribution < 1.29 is 9.15 Å². The van der Waals surface area contributed by atoms with Gasteiger partial charge in [0.15, 0.2) is 0 Å². The van der Waals surface area contributed by atoms with Gasteiger partial charge in [0.1, 0.15) is 11.3 Å². The quantitative estimate of drug-likeness (QED) is 0.653. The highest BCUT2D eigenvalue weighted by atomic mass is 35.5. The van der Waals surface area contributed by atoms with Gasteiger partial charge in [-0.05, 0) is 56.2 Å². The predicted molar refractivity (Wildman–Crippen MR) is 101 cm³/mol. The van der Waals surface area contributed by atoms with Crippen molar-refractivity contribution in [3.63, 3.8) is 0 Å². The van der Waals surface area contributed by atoms with Gasteiger partial charge in [-0.15, -0.1) is 0 Å². The van der Waals surface area contributed by atoms with Crippen molar-refractivity contribution in [2.24, 2.45) is 4.99 Å². The molecule has 1 saturated heterocycles. The Morgan fingerprint density at radius 2 is 1.96 bits per heavy atom. The summed E-state index contributed by atoms with van der Waals surface area (Å²) in [4.78, 5) is 4.85. The highest BCUT2D eigenvalue weighted by Crippen LogP contribution is 2.24. The van der Waals surface area contributed by atoms with Crippen LogP contribution >= 0.6 is 11.6 Å². The molecule has 1 aliphatic heterocycles. The van der Waals surface area contributed by atoms with E-state index in [9.17, 15) is 0 Å². The summed E-state index contributed by atoms with van der Waals surface area (Å²) in [6.45, 7) is 3.61. The summed E-state index contributed by atoms with van der Waals surface area (Å²) in [5.74, 6) is 0.791. The number of benzene rings is 2. The normalized spacial score (nSPS) is 18.2. The van der Waals surface area contributed by atoms with Crippen molar-refractivity contribution in [3.8, 4) is 11.3 Å². The van der Waals surface area contributed by atoms with E-state index in [-0.39, 0.29) is 6.10 Å². The van der Waals surface area contributed by atoms with Crippen molar-refractivity contribution in [1.82, 2.24) is 0 Å². The second-order valence-electron chi connectivity index (χ2n) is 6.48. The first kappa shape index (κ1) is 16.4. The van der Waals surface area contributed by atoms with Gasteiger partial charge >= 0.3 is 0 Å². The summed E-state index contributed by atoms with van der Waals surface area (Å²) in [5, 5.41) is 2.70. The monoisotopic (exact) mass is 353 g/mol. The van der Waals surface area contributed by atoms with Crippen molar-refractivity contribution in [2.45, 2.75) is 25.9 Å². The Morgan fingerprint density at radius 1 is 1.12 bits per heavy atom. The average molecular weight is 354 g/mol. The lowest BCUT2D eigenvalue weighted by Crippen LogP contribution is -2.13. The van der Waals surface area contributed by atoms with E-state index in [1.54, 1.807) is 0 Å². The second-order valence-corrected chi connectivity index (χ2v) is 6.91. The number of fused-ring (bicyclic) bond motifs is 1. The molecule has 0 aliphatic carbocycles. The molecule has 1 aromatic heterocycles. The topological polar surface area (TPSA) is 34.7 Å². The van der Waals surface area contributed by atoms with Crippen molar-refractivity contribution in [1.29, 1.82) is 0 Å². The number of ether oxygens (including phenoxy) is 1. The van der Waals surface area contributed by atoms with Crippen LogP contribution in [-0.4, -0.2) is 19.3 Å². The highest BCUT2D eigenvalue weighted by molar-refractivity contribution is 6.30. The summed E-state index contributed by atoms with van der Waals surface area (Å²) in [6, 6.07) is 15.9. The fraction of sp³-hybridized carbons (Fsp3) is 0.286. The molecular weight excluding hydrogens is 334 g/mol. The fourth-order valence-corrected chi connectivity index (χ4v) is 3.28. The summed E-state index contributed by atoms with van der Waals surface area (Å²) < 4.78 is 11.8. The van der Waals surface area contributed by atoms with Gasteiger partial charge in [-0.2, -0.15) is 0 Å². The van der Waals surface area contributed by atoms with Gasteiger partial charge in [-0.1, -0.05) is 23.2 Å². The van der Waals surface area contributed by atoms with Crippen LogP contribution in [0.4, 0.5) is 0 Å². The van der Waals surface area contributed by atoms with Crippen LogP contribution in [0.25, 0.3) is 22.3 Å². The van der Waals surface area contributed by atoms with Gasteiger partial charge in [0.25, 0.3) is 0 Å². The molecule has 0 amide bonds. The van der Waals surface area contributed by atoms with E-state index in [2.05, 4.69) is 19.1 Å². The lowest BCUT2D eigenvalue weighted by atomic mass is 10.1. The van der Waals surface area contributed by atoms with Gasteiger partial charge in [0.05, 0.1) is 18.0 Å². The van der Waals surface area contributed by atoms with Crippen LogP contribution in [-0.2, 0) is 4.74 Å². The summed E-state index contributed by atoms with van der Waals surface area (Å²) in [5.41, 5.74) is 3.01. The SMILES string of the molecule is Cc1ccc2oc(-c3ccc(Cl)cc3)cc(=NC[C@H]3CCCO3)c2c1. The third-order valence-corrected chi connectivity index (χ3v) is 4.77. The molecule has 3 aromatic rings. The molecule has 0 N–H and O–H groups in total. The van der Waals surface area contributed by atoms with Crippen LogP contribution in [0.2, 0.25) is 5.02 Å². The molecule has 1 fully saturated rings. The maximum atomic E-state index is 6.12. The molecule has 3 nitrogen and oxygen atoms in total. The van der Waals surface area contributed by atoms with Crippen molar-refractivity contribution in [2.75, 3.05) is 13.2 Å².